The SMILES string of the molecule is N#CC1(CCCN(CCc2ccccc2)C2CC2)c2ccccc2-c2ccccc21. The van der Waals surface area contributed by atoms with Crippen molar-refractivity contribution in [2.75, 3.05) is 13.1 Å². The van der Waals surface area contributed by atoms with Crippen LogP contribution < -0.4 is 0 Å². The molecule has 2 aliphatic carbocycles. The maximum absolute atomic E-state index is 10.4. The zero-order valence-electron chi connectivity index (χ0n) is 17.4. The number of hydrogen-bond donors (Lipinski definition) is 0. The Morgan fingerprint density at radius 3 is 2.00 bits per heavy atom. The van der Waals surface area contributed by atoms with Gasteiger partial charge in [-0.15, -0.1) is 0 Å². The van der Waals surface area contributed by atoms with E-state index in [1.54, 1.807) is 0 Å². The summed E-state index contributed by atoms with van der Waals surface area (Å²) in [5, 5.41) is 10.4. The zero-order valence-corrected chi connectivity index (χ0v) is 17.4. The number of rotatable bonds is 8. The summed E-state index contributed by atoms with van der Waals surface area (Å²) in [7, 11) is 0. The predicted molar refractivity (Wildman–Crippen MR) is 122 cm³/mol. The van der Waals surface area contributed by atoms with Crippen molar-refractivity contribution in [2.45, 2.75) is 43.6 Å². The Bertz CT molecular complexity index is 1010. The van der Waals surface area contributed by atoms with Gasteiger partial charge in [-0.25, -0.2) is 0 Å². The van der Waals surface area contributed by atoms with Gasteiger partial charge in [-0.05, 0) is 66.5 Å². The van der Waals surface area contributed by atoms with Crippen LogP contribution in [0, 0.1) is 11.3 Å². The average molecular weight is 393 g/mol. The Labute approximate surface area is 179 Å². The highest BCUT2D eigenvalue weighted by atomic mass is 15.2. The smallest absolute Gasteiger partial charge is 0.108 e. The zero-order chi connectivity index (χ0) is 20.4. The van der Waals surface area contributed by atoms with Crippen molar-refractivity contribution < 1.29 is 0 Å². The van der Waals surface area contributed by atoms with Crippen LogP contribution in [0.4, 0.5) is 0 Å². The number of benzene rings is 3. The van der Waals surface area contributed by atoms with E-state index in [9.17, 15) is 5.26 Å². The van der Waals surface area contributed by atoms with E-state index in [-0.39, 0.29) is 0 Å². The molecular formula is C28H28N2. The van der Waals surface area contributed by atoms with Crippen molar-refractivity contribution in [3.63, 3.8) is 0 Å². The molecule has 3 aromatic rings. The van der Waals surface area contributed by atoms with Crippen molar-refractivity contribution >= 4 is 0 Å². The monoisotopic (exact) mass is 392 g/mol. The molecule has 0 saturated heterocycles. The van der Waals surface area contributed by atoms with E-state index in [4.69, 9.17) is 0 Å². The van der Waals surface area contributed by atoms with Gasteiger partial charge in [0.05, 0.1) is 6.07 Å². The molecule has 2 aliphatic rings. The first-order valence-electron chi connectivity index (χ1n) is 11.2. The molecule has 2 nitrogen and oxygen atoms in total. The molecule has 0 spiro atoms. The molecule has 0 aliphatic heterocycles. The number of nitrogens with zero attached hydrogens (tertiary/aromatic N) is 2. The quantitative estimate of drug-likeness (QED) is 0.473. The van der Waals surface area contributed by atoms with Crippen LogP contribution in [0.1, 0.15) is 42.4 Å². The molecular weight excluding hydrogens is 364 g/mol. The lowest BCUT2D eigenvalue weighted by Crippen LogP contribution is -2.31. The molecule has 1 saturated carbocycles. The van der Waals surface area contributed by atoms with Crippen molar-refractivity contribution in [3.8, 4) is 17.2 Å². The topological polar surface area (TPSA) is 27.0 Å². The summed E-state index contributed by atoms with van der Waals surface area (Å²) in [4.78, 5) is 2.66. The van der Waals surface area contributed by atoms with Gasteiger partial charge in [0.25, 0.3) is 0 Å². The van der Waals surface area contributed by atoms with Gasteiger partial charge in [-0.3, -0.25) is 0 Å². The molecule has 0 heterocycles. The molecule has 2 heteroatoms. The number of nitriles is 1. The highest BCUT2D eigenvalue weighted by molar-refractivity contribution is 5.82. The normalized spacial score (nSPS) is 16.1. The molecule has 0 amide bonds. The van der Waals surface area contributed by atoms with Crippen molar-refractivity contribution in [3.05, 3.63) is 95.6 Å². The third-order valence-corrected chi connectivity index (χ3v) is 6.85. The van der Waals surface area contributed by atoms with Gasteiger partial charge >= 0.3 is 0 Å². The summed E-state index contributed by atoms with van der Waals surface area (Å²) >= 11 is 0. The van der Waals surface area contributed by atoms with Crippen molar-refractivity contribution in [2.24, 2.45) is 0 Å². The molecule has 1 fully saturated rings. The van der Waals surface area contributed by atoms with Gasteiger partial charge in [0.1, 0.15) is 5.41 Å². The molecule has 30 heavy (non-hydrogen) atoms. The van der Waals surface area contributed by atoms with Gasteiger partial charge in [-0.1, -0.05) is 78.9 Å². The number of fused-ring (bicyclic) bond motifs is 3. The molecule has 0 N–H and O–H groups in total. The van der Waals surface area contributed by atoms with E-state index in [0.29, 0.717) is 0 Å². The van der Waals surface area contributed by atoms with Gasteiger partial charge in [-0.2, -0.15) is 5.26 Å². The maximum Gasteiger partial charge on any atom is 0.108 e. The van der Waals surface area contributed by atoms with Crippen LogP contribution in [0.25, 0.3) is 11.1 Å². The first-order valence-corrected chi connectivity index (χ1v) is 11.2. The van der Waals surface area contributed by atoms with E-state index in [2.05, 4.69) is 89.8 Å². The Morgan fingerprint density at radius 2 is 1.40 bits per heavy atom. The first kappa shape index (κ1) is 19.1. The molecule has 5 rings (SSSR count). The van der Waals surface area contributed by atoms with Crippen LogP contribution in [0.3, 0.4) is 0 Å². The second kappa shape index (κ2) is 8.09. The van der Waals surface area contributed by atoms with E-state index < -0.39 is 5.41 Å². The largest absolute Gasteiger partial charge is 0.300 e. The summed E-state index contributed by atoms with van der Waals surface area (Å²) in [5.74, 6) is 0. The predicted octanol–water partition coefficient (Wildman–Crippen LogP) is 5.96. The molecule has 0 radical (unpaired) electrons. The highest BCUT2D eigenvalue weighted by Gasteiger charge is 2.43. The second-order valence-corrected chi connectivity index (χ2v) is 8.71. The van der Waals surface area contributed by atoms with Crippen molar-refractivity contribution in [1.29, 1.82) is 5.26 Å². The van der Waals surface area contributed by atoms with Crippen LogP contribution in [-0.4, -0.2) is 24.0 Å². The van der Waals surface area contributed by atoms with Crippen LogP contribution in [-0.2, 0) is 11.8 Å². The Morgan fingerprint density at radius 1 is 0.800 bits per heavy atom. The maximum atomic E-state index is 10.4. The lowest BCUT2D eigenvalue weighted by molar-refractivity contribution is 0.257. The minimum absolute atomic E-state index is 0.512. The van der Waals surface area contributed by atoms with Crippen LogP contribution >= 0.6 is 0 Å². The lowest BCUT2D eigenvalue weighted by atomic mass is 9.76. The van der Waals surface area contributed by atoms with Crippen molar-refractivity contribution in [1.82, 2.24) is 4.90 Å². The molecule has 3 aromatic carbocycles. The molecule has 0 atom stereocenters. The van der Waals surface area contributed by atoms with E-state index in [0.717, 1.165) is 38.4 Å². The number of hydrogen-bond acceptors (Lipinski definition) is 2. The van der Waals surface area contributed by atoms with E-state index in [1.165, 1.54) is 40.7 Å². The van der Waals surface area contributed by atoms with Gasteiger partial charge in [0.15, 0.2) is 0 Å². The second-order valence-electron chi connectivity index (χ2n) is 8.71. The molecule has 0 aromatic heterocycles. The van der Waals surface area contributed by atoms with E-state index in [1.807, 2.05) is 0 Å². The lowest BCUT2D eigenvalue weighted by Gasteiger charge is -2.27. The van der Waals surface area contributed by atoms with Gasteiger partial charge in [0.2, 0.25) is 0 Å². The third kappa shape index (κ3) is 3.44. The summed E-state index contributed by atoms with van der Waals surface area (Å²) in [6.07, 6.45) is 5.67. The molecule has 0 unspecified atom stereocenters. The summed E-state index contributed by atoms with van der Waals surface area (Å²) in [5.41, 5.74) is 5.75. The fourth-order valence-corrected chi connectivity index (χ4v) is 5.15. The summed E-state index contributed by atoms with van der Waals surface area (Å²) in [6.45, 7) is 2.19. The Balaban J connectivity index is 1.32. The third-order valence-electron chi connectivity index (χ3n) is 6.85. The Kier molecular flexibility index (Phi) is 5.15. The van der Waals surface area contributed by atoms with Gasteiger partial charge in [0, 0.05) is 12.6 Å². The van der Waals surface area contributed by atoms with Crippen LogP contribution in [0.5, 0.6) is 0 Å². The van der Waals surface area contributed by atoms with Crippen LogP contribution in [0.15, 0.2) is 78.9 Å². The minimum atomic E-state index is -0.512. The summed E-state index contributed by atoms with van der Waals surface area (Å²) < 4.78 is 0. The molecule has 150 valence electrons. The fourth-order valence-electron chi connectivity index (χ4n) is 5.15. The average Bonchev–Trinajstić information content (AvgIpc) is 3.61. The summed E-state index contributed by atoms with van der Waals surface area (Å²) in [6, 6.07) is 31.3. The van der Waals surface area contributed by atoms with Crippen LogP contribution in [0.2, 0.25) is 0 Å². The fraction of sp³-hybridized carbons (Fsp3) is 0.321. The Hall–Kier alpha value is -2.89. The van der Waals surface area contributed by atoms with E-state index >= 15 is 0 Å². The minimum Gasteiger partial charge on any atom is -0.300 e. The highest BCUT2D eigenvalue weighted by Crippen LogP contribution is 2.50. The molecule has 0 bridgehead atoms. The standard InChI is InChI=1S/C28H28N2/c29-21-28(26-13-6-4-11-24(26)25-12-5-7-14-27(25)28)18-8-19-30(23-15-16-23)20-17-22-9-2-1-3-10-22/h1-7,9-14,23H,8,15-20H2. The van der Waals surface area contributed by atoms with Gasteiger partial charge < -0.3 is 4.90 Å². The first-order chi connectivity index (χ1) is 14.8.